The van der Waals surface area contributed by atoms with Crippen LogP contribution in [0.4, 0.5) is 5.82 Å². The molecule has 0 radical (unpaired) electrons. The van der Waals surface area contributed by atoms with E-state index in [2.05, 4.69) is 15.4 Å². The number of aromatic amines is 1. The highest BCUT2D eigenvalue weighted by Gasteiger charge is 2.06. The van der Waals surface area contributed by atoms with Crippen molar-refractivity contribution in [3.8, 4) is 17.0 Å². The Morgan fingerprint density at radius 1 is 1.21 bits per heavy atom. The van der Waals surface area contributed by atoms with E-state index in [0.29, 0.717) is 11.5 Å². The third-order valence-electron chi connectivity index (χ3n) is 1.94. The van der Waals surface area contributed by atoms with E-state index in [4.69, 9.17) is 10.5 Å². The number of hydrogen-bond acceptors (Lipinski definition) is 4. The molecule has 0 atom stereocenters. The molecule has 72 valence electrons. The maximum absolute atomic E-state index is 5.61. The Morgan fingerprint density at radius 3 is 2.43 bits per heavy atom. The van der Waals surface area contributed by atoms with Gasteiger partial charge in [-0.3, -0.25) is 0 Å². The zero-order chi connectivity index (χ0) is 9.97. The summed E-state index contributed by atoms with van der Waals surface area (Å²) in [5, 5.41) is 10.2. The average Bonchev–Trinajstić information content (AvgIpc) is 2.65. The number of ether oxygens (including phenoxy) is 1. The quantitative estimate of drug-likeness (QED) is 0.742. The first-order valence-electron chi connectivity index (χ1n) is 4.12. The van der Waals surface area contributed by atoms with Crippen molar-refractivity contribution in [3.05, 3.63) is 24.3 Å². The molecule has 0 aliphatic carbocycles. The summed E-state index contributed by atoms with van der Waals surface area (Å²) in [7, 11) is 1.62. The number of nitrogens with two attached hydrogens (primary N) is 1. The van der Waals surface area contributed by atoms with Gasteiger partial charge >= 0.3 is 0 Å². The smallest absolute Gasteiger partial charge is 0.173 e. The van der Waals surface area contributed by atoms with Crippen molar-refractivity contribution < 1.29 is 4.74 Å². The molecule has 0 amide bonds. The van der Waals surface area contributed by atoms with Crippen LogP contribution >= 0.6 is 0 Å². The summed E-state index contributed by atoms with van der Waals surface area (Å²) in [6.07, 6.45) is 0. The molecule has 0 bridgehead atoms. The number of aromatic nitrogens is 3. The van der Waals surface area contributed by atoms with Crippen LogP contribution in [-0.4, -0.2) is 22.5 Å². The fourth-order valence-electron chi connectivity index (χ4n) is 1.20. The molecule has 0 unspecified atom stereocenters. The van der Waals surface area contributed by atoms with Crippen LogP contribution < -0.4 is 10.5 Å². The second-order valence-corrected chi connectivity index (χ2v) is 2.79. The molecule has 0 aliphatic heterocycles. The van der Waals surface area contributed by atoms with Crippen molar-refractivity contribution in [3.63, 3.8) is 0 Å². The summed E-state index contributed by atoms with van der Waals surface area (Å²) in [6.45, 7) is 0. The number of nitrogen functional groups attached to an aromatic ring is 1. The predicted molar refractivity (Wildman–Crippen MR) is 52.8 cm³/mol. The first-order valence-corrected chi connectivity index (χ1v) is 4.12. The number of benzene rings is 1. The van der Waals surface area contributed by atoms with E-state index in [1.54, 1.807) is 7.11 Å². The van der Waals surface area contributed by atoms with Gasteiger partial charge in [-0.2, -0.15) is 10.3 Å². The van der Waals surface area contributed by atoms with Gasteiger partial charge in [0.1, 0.15) is 11.4 Å². The van der Waals surface area contributed by atoms with Crippen LogP contribution in [0.5, 0.6) is 5.75 Å². The Kier molecular flexibility index (Phi) is 2.06. The van der Waals surface area contributed by atoms with Gasteiger partial charge < -0.3 is 10.5 Å². The molecular weight excluding hydrogens is 180 g/mol. The SMILES string of the molecule is COc1ccc(-c2n[nH]nc2N)cc1. The molecule has 14 heavy (non-hydrogen) atoms. The van der Waals surface area contributed by atoms with E-state index in [1.165, 1.54) is 0 Å². The Bertz CT molecular complexity index is 421. The van der Waals surface area contributed by atoms with E-state index >= 15 is 0 Å². The second kappa shape index (κ2) is 3.37. The predicted octanol–water partition coefficient (Wildman–Crippen LogP) is 1.06. The molecule has 0 spiro atoms. The lowest BCUT2D eigenvalue weighted by Gasteiger charge is -2.00. The number of nitrogens with zero attached hydrogens (tertiary/aromatic N) is 2. The summed E-state index contributed by atoms with van der Waals surface area (Å²) in [4.78, 5) is 0. The monoisotopic (exact) mass is 190 g/mol. The van der Waals surface area contributed by atoms with Crippen LogP contribution in [-0.2, 0) is 0 Å². The van der Waals surface area contributed by atoms with Crippen LogP contribution in [0, 0.1) is 0 Å². The van der Waals surface area contributed by atoms with Crippen LogP contribution in [0.1, 0.15) is 0 Å². The van der Waals surface area contributed by atoms with Gasteiger partial charge in [-0.15, -0.1) is 5.10 Å². The Labute approximate surface area is 80.9 Å². The van der Waals surface area contributed by atoms with E-state index in [-0.39, 0.29) is 0 Å². The van der Waals surface area contributed by atoms with Crippen molar-refractivity contribution in [2.24, 2.45) is 0 Å². The number of hydrogen-bond donors (Lipinski definition) is 2. The number of nitrogens with one attached hydrogen (secondary N) is 1. The van der Waals surface area contributed by atoms with Gasteiger partial charge in [0.25, 0.3) is 0 Å². The molecule has 0 saturated carbocycles. The molecule has 2 aromatic rings. The number of H-pyrrole nitrogens is 1. The molecule has 0 saturated heterocycles. The van der Waals surface area contributed by atoms with Gasteiger partial charge in [-0.1, -0.05) is 0 Å². The Hall–Kier alpha value is -2.04. The van der Waals surface area contributed by atoms with Gasteiger partial charge in [0.15, 0.2) is 5.82 Å². The molecule has 0 aliphatic rings. The van der Waals surface area contributed by atoms with Gasteiger partial charge in [-0.25, -0.2) is 0 Å². The zero-order valence-electron chi connectivity index (χ0n) is 7.69. The lowest BCUT2D eigenvalue weighted by molar-refractivity contribution is 0.415. The number of methoxy groups -OCH3 is 1. The Balaban J connectivity index is 2.39. The van der Waals surface area contributed by atoms with Gasteiger partial charge in [0.2, 0.25) is 0 Å². The number of anilines is 1. The molecule has 1 aromatic heterocycles. The fourth-order valence-corrected chi connectivity index (χ4v) is 1.20. The highest BCUT2D eigenvalue weighted by Crippen LogP contribution is 2.23. The van der Waals surface area contributed by atoms with E-state index in [0.717, 1.165) is 11.3 Å². The molecular formula is C9H10N4O. The van der Waals surface area contributed by atoms with E-state index in [9.17, 15) is 0 Å². The van der Waals surface area contributed by atoms with Crippen molar-refractivity contribution >= 4 is 5.82 Å². The largest absolute Gasteiger partial charge is 0.497 e. The summed E-state index contributed by atoms with van der Waals surface area (Å²) in [5.41, 5.74) is 7.18. The summed E-state index contributed by atoms with van der Waals surface area (Å²) in [5.74, 6) is 1.20. The minimum Gasteiger partial charge on any atom is -0.497 e. The molecule has 0 fully saturated rings. The molecule has 3 N–H and O–H groups in total. The van der Waals surface area contributed by atoms with Crippen molar-refractivity contribution in [2.45, 2.75) is 0 Å². The minimum atomic E-state index is 0.398. The van der Waals surface area contributed by atoms with Crippen LogP contribution in [0.2, 0.25) is 0 Å². The molecule has 1 heterocycles. The zero-order valence-corrected chi connectivity index (χ0v) is 7.69. The van der Waals surface area contributed by atoms with Crippen LogP contribution in [0.25, 0.3) is 11.3 Å². The summed E-state index contributed by atoms with van der Waals surface area (Å²) >= 11 is 0. The maximum Gasteiger partial charge on any atom is 0.173 e. The fraction of sp³-hybridized carbons (Fsp3) is 0.111. The van der Waals surface area contributed by atoms with Gasteiger partial charge in [0.05, 0.1) is 7.11 Å². The Morgan fingerprint density at radius 2 is 1.93 bits per heavy atom. The molecule has 2 rings (SSSR count). The lowest BCUT2D eigenvalue weighted by Crippen LogP contribution is -1.88. The first-order chi connectivity index (χ1) is 6.81. The first kappa shape index (κ1) is 8.55. The van der Waals surface area contributed by atoms with Crippen LogP contribution in [0.3, 0.4) is 0 Å². The standard InChI is InChI=1S/C9H10N4O/c1-14-7-4-2-6(3-5-7)8-9(10)12-13-11-8/h2-5H,1H3,(H3,10,11,12,13). The third kappa shape index (κ3) is 1.39. The highest BCUT2D eigenvalue weighted by molar-refractivity contribution is 5.69. The minimum absolute atomic E-state index is 0.398. The highest BCUT2D eigenvalue weighted by atomic mass is 16.5. The summed E-state index contributed by atoms with van der Waals surface area (Å²) in [6, 6.07) is 7.47. The topological polar surface area (TPSA) is 76.8 Å². The summed E-state index contributed by atoms with van der Waals surface area (Å²) < 4.78 is 5.04. The normalized spacial score (nSPS) is 10.1. The third-order valence-corrected chi connectivity index (χ3v) is 1.94. The van der Waals surface area contributed by atoms with Gasteiger partial charge in [-0.05, 0) is 24.3 Å². The van der Waals surface area contributed by atoms with Crippen molar-refractivity contribution in [1.82, 2.24) is 15.4 Å². The molecule has 1 aromatic carbocycles. The van der Waals surface area contributed by atoms with E-state index in [1.807, 2.05) is 24.3 Å². The van der Waals surface area contributed by atoms with Gasteiger partial charge in [0, 0.05) is 5.56 Å². The van der Waals surface area contributed by atoms with E-state index < -0.39 is 0 Å². The average molecular weight is 190 g/mol. The van der Waals surface area contributed by atoms with Crippen LogP contribution in [0.15, 0.2) is 24.3 Å². The molecule has 5 heteroatoms. The maximum atomic E-state index is 5.61. The van der Waals surface area contributed by atoms with Crippen molar-refractivity contribution in [1.29, 1.82) is 0 Å². The molecule has 5 nitrogen and oxygen atoms in total. The second-order valence-electron chi connectivity index (χ2n) is 2.79. The van der Waals surface area contributed by atoms with Crippen molar-refractivity contribution in [2.75, 3.05) is 12.8 Å². The lowest BCUT2D eigenvalue weighted by atomic mass is 10.1. The number of rotatable bonds is 2.